The first-order chi connectivity index (χ1) is 8.90. The molecule has 0 bridgehead atoms. The van der Waals surface area contributed by atoms with Gasteiger partial charge in [0.1, 0.15) is 12.4 Å². The number of nitrogens with zero attached hydrogens (tertiary/aromatic N) is 4. The number of aryl methyl sites for hydroxylation is 2. The molecule has 0 N–H and O–H groups in total. The van der Waals surface area contributed by atoms with Crippen LogP contribution in [0.3, 0.4) is 0 Å². The van der Waals surface area contributed by atoms with E-state index >= 15 is 0 Å². The van der Waals surface area contributed by atoms with Crippen molar-refractivity contribution in [3.8, 4) is 0 Å². The van der Waals surface area contributed by atoms with Crippen LogP contribution in [0.2, 0.25) is 0 Å². The van der Waals surface area contributed by atoms with Gasteiger partial charge in [-0.25, -0.2) is 13.4 Å². The molecule has 2 rings (SSSR count). The van der Waals surface area contributed by atoms with E-state index in [2.05, 4.69) is 15.1 Å². The average molecular weight is 305 g/mol. The highest BCUT2D eigenvalue weighted by atomic mass is 35.7. The first kappa shape index (κ1) is 14.0. The predicted molar refractivity (Wildman–Crippen MR) is 67.4 cm³/mol. The van der Waals surface area contributed by atoms with E-state index in [1.165, 1.54) is 6.20 Å². The van der Waals surface area contributed by atoms with Gasteiger partial charge in [0.2, 0.25) is 5.89 Å². The summed E-state index contributed by atoms with van der Waals surface area (Å²) in [5, 5.41) is 3.64. The number of rotatable bonds is 5. The first-order valence-electron chi connectivity index (χ1n) is 5.70. The fourth-order valence-electron chi connectivity index (χ4n) is 1.58. The molecule has 0 saturated carbocycles. The molecular formula is C10H13ClN4O3S. The minimum Gasteiger partial charge on any atom is -0.337 e. The summed E-state index contributed by atoms with van der Waals surface area (Å²) in [6, 6.07) is 0. The maximum absolute atomic E-state index is 11.2. The molecule has 0 aliphatic rings. The number of hydrogen-bond donors (Lipinski definition) is 0. The number of halogens is 1. The van der Waals surface area contributed by atoms with Crippen molar-refractivity contribution < 1.29 is 12.9 Å². The van der Waals surface area contributed by atoms with Gasteiger partial charge < -0.3 is 9.09 Å². The molecule has 0 saturated heterocycles. The van der Waals surface area contributed by atoms with E-state index in [0.29, 0.717) is 17.5 Å². The van der Waals surface area contributed by atoms with E-state index in [4.69, 9.17) is 15.2 Å². The molecule has 104 valence electrons. The standard InChI is InChI=1S/C10H13ClN4O3S/c1-3-4-8-13-9(18-14-8)5-15-6-10(12-7(15)2)19(11,16)17/h6H,3-5H2,1-2H3. The largest absolute Gasteiger partial charge is 0.337 e. The van der Waals surface area contributed by atoms with Gasteiger partial charge in [0.15, 0.2) is 10.9 Å². The summed E-state index contributed by atoms with van der Waals surface area (Å²) in [4.78, 5) is 8.07. The van der Waals surface area contributed by atoms with E-state index in [-0.39, 0.29) is 11.6 Å². The Balaban J connectivity index is 2.21. The highest BCUT2D eigenvalue weighted by Gasteiger charge is 2.17. The van der Waals surface area contributed by atoms with Gasteiger partial charge in [0.25, 0.3) is 9.05 Å². The average Bonchev–Trinajstić information content (AvgIpc) is 2.87. The van der Waals surface area contributed by atoms with Crippen molar-refractivity contribution >= 4 is 19.7 Å². The molecule has 19 heavy (non-hydrogen) atoms. The third-order valence-electron chi connectivity index (χ3n) is 2.49. The molecule has 2 aromatic heterocycles. The van der Waals surface area contributed by atoms with Gasteiger partial charge in [-0.3, -0.25) is 0 Å². The van der Waals surface area contributed by atoms with Gasteiger partial charge in [-0.1, -0.05) is 12.1 Å². The fourth-order valence-corrected chi connectivity index (χ4v) is 2.30. The minimum atomic E-state index is -3.83. The molecule has 2 heterocycles. The van der Waals surface area contributed by atoms with Crippen LogP contribution in [0.25, 0.3) is 0 Å². The van der Waals surface area contributed by atoms with Gasteiger partial charge in [-0.05, 0) is 13.3 Å². The monoisotopic (exact) mass is 304 g/mol. The van der Waals surface area contributed by atoms with Crippen molar-refractivity contribution in [2.75, 3.05) is 0 Å². The van der Waals surface area contributed by atoms with Crippen LogP contribution in [-0.4, -0.2) is 28.1 Å². The fraction of sp³-hybridized carbons (Fsp3) is 0.500. The Morgan fingerprint density at radius 2 is 2.16 bits per heavy atom. The Morgan fingerprint density at radius 3 is 2.74 bits per heavy atom. The smallest absolute Gasteiger partial charge is 0.280 e. The summed E-state index contributed by atoms with van der Waals surface area (Å²) in [5.41, 5.74) is 0. The summed E-state index contributed by atoms with van der Waals surface area (Å²) in [6.07, 6.45) is 3.02. The maximum Gasteiger partial charge on any atom is 0.280 e. The van der Waals surface area contributed by atoms with Gasteiger partial charge in [0.05, 0.1) is 0 Å². The summed E-state index contributed by atoms with van der Waals surface area (Å²) < 4.78 is 29.0. The molecule has 2 aromatic rings. The summed E-state index contributed by atoms with van der Waals surface area (Å²) in [7, 11) is 1.41. The highest BCUT2D eigenvalue weighted by molar-refractivity contribution is 8.13. The molecule has 0 unspecified atom stereocenters. The zero-order valence-corrected chi connectivity index (χ0v) is 12.1. The zero-order valence-electron chi connectivity index (χ0n) is 10.5. The second-order valence-corrected chi connectivity index (χ2v) is 6.56. The Labute approximate surface area is 115 Å². The first-order valence-corrected chi connectivity index (χ1v) is 8.01. The van der Waals surface area contributed by atoms with Gasteiger partial charge >= 0.3 is 0 Å². The van der Waals surface area contributed by atoms with Crippen LogP contribution in [0.1, 0.15) is 30.9 Å². The molecule has 9 heteroatoms. The van der Waals surface area contributed by atoms with Gasteiger partial charge in [-0.2, -0.15) is 4.98 Å². The van der Waals surface area contributed by atoms with Crippen molar-refractivity contribution in [3.05, 3.63) is 23.7 Å². The van der Waals surface area contributed by atoms with E-state index in [1.54, 1.807) is 11.5 Å². The van der Waals surface area contributed by atoms with Crippen molar-refractivity contribution in [2.45, 2.75) is 38.3 Å². The molecule has 0 aliphatic carbocycles. The molecule has 0 spiro atoms. The van der Waals surface area contributed by atoms with E-state index in [0.717, 1.165) is 12.8 Å². The molecule has 0 radical (unpaired) electrons. The quantitative estimate of drug-likeness (QED) is 0.777. The molecule has 0 fully saturated rings. The Hall–Kier alpha value is -1.41. The van der Waals surface area contributed by atoms with E-state index in [1.807, 2.05) is 6.92 Å². The van der Waals surface area contributed by atoms with Crippen LogP contribution in [0.15, 0.2) is 15.7 Å². The third-order valence-corrected chi connectivity index (χ3v) is 3.66. The van der Waals surface area contributed by atoms with Crippen molar-refractivity contribution in [1.82, 2.24) is 19.7 Å². The molecule has 0 amide bonds. The molecule has 0 atom stereocenters. The lowest BCUT2D eigenvalue weighted by atomic mass is 10.3. The van der Waals surface area contributed by atoms with Crippen LogP contribution >= 0.6 is 10.7 Å². The van der Waals surface area contributed by atoms with Crippen LogP contribution < -0.4 is 0 Å². The van der Waals surface area contributed by atoms with Crippen LogP contribution in [0, 0.1) is 6.92 Å². The van der Waals surface area contributed by atoms with Gasteiger partial charge in [-0.15, -0.1) is 0 Å². The molecule has 0 aromatic carbocycles. The normalized spacial score (nSPS) is 11.9. The zero-order chi connectivity index (χ0) is 14.0. The molecule has 7 nitrogen and oxygen atoms in total. The van der Waals surface area contributed by atoms with Gasteiger partial charge in [0, 0.05) is 23.3 Å². The third kappa shape index (κ3) is 3.32. The topological polar surface area (TPSA) is 90.9 Å². The van der Waals surface area contributed by atoms with E-state index < -0.39 is 9.05 Å². The lowest BCUT2D eigenvalue weighted by Crippen LogP contribution is -2.01. The lowest BCUT2D eigenvalue weighted by Gasteiger charge is -1.98. The second-order valence-electron chi connectivity index (χ2n) is 4.05. The Kier molecular flexibility index (Phi) is 3.91. The Morgan fingerprint density at radius 1 is 1.42 bits per heavy atom. The number of aromatic nitrogens is 4. The molecular weight excluding hydrogens is 292 g/mol. The Bertz CT molecular complexity index is 677. The summed E-state index contributed by atoms with van der Waals surface area (Å²) in [6.45, 7) is 3.96. The van der Waals surface area contributed by atoms with Crippen molar-refractivity contribution in [1.29, 1.82) is 0 Å². The minimum absolute atomic E-state index is 0.181. The van der Waals surface area contributed by atoms with Crippen LogP contribution in [0.5, 0.6) is 0 Å². The van der Waals surface area contributed by atoms with Crippen LogP contribution in [-0.2, 0) is 22.0 Å². The van der Waals surface area contributed by atoms with Crippen LogP contribution in [0.4, 0.5) is 0 Å². The SMILES string of the molecule is CCCc1noc(Cn2cc(S(=O)(=O)Cl)nc2C)n1. The number of hydrogen-bond acceptors (Lipinski definition) is 6. The summed E-state index contributed by atoms with van der Waals surface area (Å²) in [5.74, 6) is 1.55. The maximum atomic E-state index is 11.2. The summed E-state index contributed by atoms with van der Waals surface area (Å²) >= 11 is 0. The van der Waals surface area contributed by atoms with Crippen molar-refractivity contribution in [3.63, 3.8) is 0 Å². The highest BCUT2D eigenvalue weighted by Crippen LogP contribution is 2.15. The van der Waals surface area contributed by atoms with Crippen molar-refractivity contribution in [2.24, 2.45) is 0 Å². The second kappa shape index (κ2) is 5.30. The lowest BCUT2D eigenvalue weighted by molar-refractivity contribution is 0.365. The molecule has 0 aliphatic heterocycles. The number of imidazole rings is 1. The predicted octanol–water partition coefficient (Wildman–Crippen LogP) is 1.50. The van der Waals surface area contributed by atoms with E-state index in [9.17, 15) is 8.42 Å².